The maximum absolute atomic E-state index is 12.4. The third kappa shape index (κ3) is 12.5. The minimum Gasteiger partial charge on any atom is -0.493 e. The number of halogens is 1. The van der Waals surface area contributed by atoms with Gasteiger partial charge in [-0.15, -0.1) is 11.6 Å². The van der Waals surface area contributed by atoms with Crippen molar-refractivity contribution in [3.63, 3.8) is 0 Å². The van der Waals surface area contributed by atoms with Crippen LogP contribution >= 0.6 is 11.6 Å². The zero-order valence-corrected chi connectivity index (χ0v) is 21.3. The molecule has 0 aliphatic rings. The van der Waals surface area contributed by atoms with Gasteiger partial charge in [-0.25, -0.2) is 4.79 Å². The summed E-state index contributed by atoms with van der Waals surface area (Å²) in [6, 6.07) is 7.12. The normalized spacial score (nSPS) is 12.4. The lowest BCUT2D eigenvalue weighted by Crippen LogP contribution is -2.30. The lowest BCUT2D eigenvalue weighted by molar-refractivity contribution is -0.162. The topological polar surface area (TPSA) is 52.6 Å². The van der Waals surface area contributed by atoms with Gasteiger partial charge in [0.1, 0.15) is 16.7 Å². The van der Waals surface area contributed by atoms with Crippen LogP contribution in [0.2, 0.25) is 0 Å². The van der Waals surface area contributed by atoms with Gasteiger partial charge in [0.15, 0.2) is 0 Å². The van der Waals surface area contributed by atoms with Gasteiger partial charge in [-0.1, -0.05) is 95.8 Å². The first kappa shape index (κ1) is 28.5. The number of Topliss-reactive ketones (excluding diaryl/α,β-unsaturated/α-hetero) is 1. The van der Waals surface area contributed by atoms with Crippen molar-refractivity contribution in [2.24, 2.45) is 0 Å². The largest absolute Gasteiger partial charge is 0.493 e. The van der Waals surface area contributed by atoms with Crippen LogP contribution in [0.1, 0.15) is 116 Å². The van der Waals surface area contributed by atoms with E-state index in [1.165, 1.54) is 64.2 Å². The van der Waals surface area contributed by atoms with Crippen molar-refractivity contribution in [2.45, 2.75) is 116 Å². The Bertz CT molecular complexity index is 666. The fourth-order valence-electron chi connectivity index (χ4n) is 3.52. The molecular formula is C27H43ClO4. The Hall–Kier alpha value is -1.55. The van der Waals surface area contributed by atoms with E-state index in [2.05, 4.69) is 6.92 Å². The Morgan fingerprint density at radius 3 is 1.88 bits per heavy atom. The molecule has 0 radical (unpaired) electrons. The molecular weight excluding hydrogens is 424 g/mol. The van der Waals surface area contributed by atoms with Crippen molar-refractivity contribution in [1.29, 1.82) is 0 Å². The van der Waals surface area contributed by atoms with Crippen molar-refractivity contribution >= 4 is 23.4 Å². The van der Waals surface area contributed by atoms with Gasteiger partial charge in [0.25, 0.3) is 5.78 Å². The molecule has 0 amide bonds. The number of para-hydroxylation sites is 1. The lowest BCUT2D eigenvalue weighted by atomic mass is 10.1. The molecule has 1 aromatic rings. The molecule has 0 heterocycles. The number of alkyl halides is 1. The number of benzene rings is 1. The summed E-state index contributed by atoms with van der Waals surface area (Å²) in [6.07, 6.45) is 15.4. The molecule has 0 spiro atoms. The number of carbonyl (C=O) groups is 2. The zero-order valence-electron chi connectivity index (χ0n) is 20.6. The standard InChI is InChI=1S/C27H43ClO4/c1-5-6-7-8-9-10-11-12-13-14-15-18-21-31-23-20-17-16-19-22(23)24(28)25(29)26(30)32-27(2,3)4/h16-17,19-20,24H,5-15,18,21H2,1-4H3. The van der Waals surface area contributed by atoms with Crippen LogP contribution in [-0.4, -0.2) is 24.0 Å². The number of hydrogen-bond acceptors (Lipinski definition) is 4. The SMILES string of the molecule is CCCCCCCCCCCCCCOc1ccccc1C(Cl)C(=O)C(=O)OC(C)(C)C. The minimum atomic E-state index is -1.12. The van der Waals surface area contributed by atoms with Gasteiger partial charge in [-0.05, 0) is 33.3 Å². The van der Waals surface area contributed by atoms with Gasteiger partial charge in [-0.2, -0.15) is 0 Å². The van der Waals surface area contributed by atoms with Crippen LogP contribution in [0.15, 0.2) is 24.3 Å². The van der Waals surface area contributed by atoms with E-state index < -0.39 is 22.7 Å². The maximum atomic E-state index is 12.4. The van der Waals surface area contributed by atoms with Crippen molar-refractivity contribution < 1.29 is 19.1 Å². The maximum Gasteiger partial charge on any atom is 0.377 e. The summed E-state index contributed by atoms with van der Waals surface area (Å²) >= 11 is 6.31. The quantitative estimate of drug-likeness (QED) is 0.101. The third-order valence-electron chi connectivity index (χ3n) is 5.28. The number of rotatable bonds is 17. The zero-order chi connectivity index (χ0) is 23.8. The molecule has 1 rings (SSSR count). The Labute approximate surface area is 200 Å². The molecule has 32 heavy (non-hydrogen) atoms. The van der Waals surface area contributed by atoms with Crippen LogP contribution in [0.5, 0.6) is 5.75 Å². The molecule has 0 aromatic heterocycles. The predicted octanol–water partition coefficient (Wildman–Crippen LogP) is 7.96. The third-order valence-corrected chi connectivity index (χ3v) is 5.71. The molecule has 0 fully saturated rings. The second-order valence-corrected chi connectivity index (χ2v) is 9.94. The summed E-state index contributed by atoms with van der Waals surface area (Å²) < 4.78 is 11.0. The van der Waals surface area contributed by atoms with Gasteiger partial charge in [0.2, 0.25) is 0 Å². The molecule has 1 atom stereocenters. The second-order valence-electron chi connectivity index (χ2n) is 9.50. The fraction of sp³-hybridized carbons (Fsp3) is 0.704. The molecule has 0 bridgehead atoms. The summed E-state index contributed by atoms with van der Waals surface area (Å²) in [7, 11) is 0. The molecule has 0 N–H and O–H groups in total. The van der Waals surface area contributed by atoms with E-state index in [0.717, 1.165) is 12.8 Å². The van der Waals surface area contributed by atoms with Crippen LogP contribution in [-0.2, 0) is 14.3 Å². The van der Waals surface area contributed by atoms with Crippen LogP contribution in [0, 0.1) is 0 Å². The summed E-state index contributed by atoms with van der Waals surface area (Å²) in [5, 5.41) is -1.12. The number of ketones is 1. The molecule has 1 unspecified atom stereocenters. The summed E-state index contributed by atoms with van der Waals surface area (Å²) in [4.78, 5) is 24.5. The lowest BCUT2D eigenvalue weighted by Gasteiger charge is -2.20. The first-order valence-electron chi connectivity index (χ1n) is 12.4. The van der Waals surface area contributed by atoms with Crippen LogP contribution in [0.4, 0.5) is 0 Å². The highest BCUT2D eigenvalue weighted by molar-refractivity contribution is 6.47. The van der Waals surface area contributed by atoms with Crippen LogP contribution < -0.4 is 4.74 Å². The Morgan fingerprint density at radius 2 is 1.34 bits per heavy atom. The molecule has 0 aliphatic heterocycles. The average Bonchev–Trinajstić information content (AvgIpc) is 2.75. The summed E-state index contributed by atoms with van der Waals surface area (Å²) in [5.41, 5.74) is -0.238. The van der Waals surface area contributed by atoms with E-state index in [0.29, 0.717) is 17.9 Å². The molecule has 0 aliphatic carbocycles. The van der Waals surface area contributed by atoms with Gasteiger partial charge < -0.3 is 9.47 Å². The van der Waals surface area contributed by atoms with E-state index in [9.17, 15) is 9.59 Å². The van der Waals surface area contributed by atoms with Crippen molar-refractivity contribution in [3.8, 4) is 5.75 Å². The van der Waals surface area contributed by atoms with E-state index in [1.54, 1.807) is 39.0 Å². The molecule has 0 saturated carbocycles. The summed E-state index contributed by atoms with van der Waals surface area (Å²) in [6.45, 7) is 7.97. The predicted molar refractivity (Wildman–Crippen MR) is 132 cm³/mol. The highest BCUT2D eigenvalue weighted by Gasteiger charge is 2.31. The van der Waals surface area contributed by atoms with Gasteiger partial charge in [-0.3, -0.25) is 4.79 Å². The van der Waals surface area contributed by atoms with E-state index in [-0.39, 0.29) is 0 Å². The van der Waals surface area contributed by atoms with Crippen molar-refractivity contribution in [1.82, 2.24) is 0 Å². The Balaban J connectivity index is 2.28. The minimum absolute atomic E-state index is 0.504. The molecule has 1 aromatic carbocycles. The smallest absolute Gasteiger partial charge is 0.377 e. The van der Waals surface area contributed by atoms with Crippen LogP contribution in [0.3, 0.4) is 0 Å². The van der Waals surface area contributed by atoms with Gasteiger partial charge >= 0.3 is 5.97 Å². The van der Waals surface area contributed by atoms with Crippen molar-refractivity contribution in [3.05, 3.63) is 29.8 Å². The highest BCUT2D eigenvalue weighted by atomic mass is 35.5. The number of ether oxygens (including phenoxy) is 2. The van der Waals surface area contributed by atoms with Crippen molar-refractivity contribution in [2.75, 3.05) is 6.61 Å². The summed E-state index contributed by atoms with van der Waals surface area (Å²) in [5.74, 6) is -1.15. The molecule has 4 nitrogen and oxygen atoms in total. The van der Waals surface area contributed by atoms with E-state index in [1.807, 2.05) is 6.07 Å². The fourth-order valence-corrected chi connectivity index (χ4v) is 3.79. The molecule has 5 heteroatoms. The number of esters is 1. The van der Waals surface area contributed by atoms with E-state index >= 15 is 0 Å². The van der Waals surface area contributed by atoms with Gasteiger partial charge in [0, 0.05) is 5.56 Å². The Morgan fingerprint density at radius 1 is 0.844 bits per heavy atom. The van der Waals surface area contributed by atoms with Gasteiger partial charge in [0.05, 0.1) is 6.61 Å². The molecule has 182 valence electrons. The number of hydrogen-bond donors (Lipinski definition) is 0. The first-order chi connectivity index (χ1) is 15.3. The second kappa shape index (κ2) is 16.1. The molecule has 0 saturated heterocycles. The van der Waals surface area contributed by atoms with Crippen LogP contribution in [0.25, 0.3) is 0 Å². The number of unbranched alkanes of at least 4 members (excludes halogenated alkanes) is 11. The monoisotopic (exact) mass is 466 g/mol. The highest BCUT2D eigenvalue weighted by Crippen LogP contribution is 2.31. The Kier molecular flexibility index (Phi) is 14.4. The average molecular weight is 467 g/mol. The van der Waals surface area contributed by atoms with E-state index in [4.69, 9.17) is 21.1 Å². The number of carbonyl (C=O) groups excluding carboxylic acids is 2. The first-order valence-corrected chi connectivity index (χ1v) is 12.8.